The molecule has 0 aromatic carbocycles. The molecule has 3 rings (SSSR count). The van der Waals surface area contributed by atoms with Gasteiger partial charge >= 0.3 is 0 Å². The van der Waals surface area contributed by atoms with Crippen LogP contribution in [0.3, 0.4) is 0 Å². The van der Waals surface area contributed by atoms with E-state index in [4.69, 9.17) is 11.6 Å². The Morgan fingerprint density at radius 2 is 1.94 bits per heavy atom. The summed E-state index contributed by atoms with van der Waals surface area (Å²) < 4.78 is 4.03. The van der Waals surface area contributed by atoms with E-state index in [9.17, 15) is 0 Å². The number of hydrogen-bond donors (Lipinski definition) is 0. The van der Waals surface area contributed by atoms with Crippen LogP contribution in [0.1, 0.15) is 5.69 Å². The standard InChI is InChI=1S/C13H11ClN3/c14-11-4-5-13-15-12(10-17(13)8-11)9-16-6-2-1-3-7-16/h1-8,10H,9H2/q+1. The molecule has 0 N–H and O–H groups in total. The minimum Gasteiger partial charge on any atom is -0.305 e. The predicted molar refractivity (Wildman–Crippen MR) is 65.9 cm³/mol. The maximum absolute atomic E-state index is 5.93. The van der Waals surface area contributed by atoms with Crippen molar-refractivity contribution in [1.82, 2.24) is 9.38 Å². The molecule has 3 aromatic heterocycles. The fourth-order valence-corrected chi connectivity index (χ4v) is 1.99. The second-order valence-corrected chi connectivity index (χ2v) is 4.33. The van der Waals surface area contributed by atoms with Crippen LogP contribution in [0.5, 0.6) is 0 Å². The number of pyridine rings is 2. The summed E-state index contributed by atoms with van der Waals surface area (Å²) >= 11 is 5.93. The number of imidazole rings is 1. The van der Waals surface area contributed by atoms with E-state index in [2.05, 4.69) is 9.55 Å². The highest BCUT2D eigenvalue weighted by atomic mass is 35.5. The number of hydrogen-bond acceptors (Lipinski definition) is 1. The van der Waals surface area contributed by atoms with Crippen LogP contribution in [0.4, 0.5) is 0 Å². The lowest BCUT2D eigenvalue weighted by Crippen LogP contribution is -2.32. The van der Waals surface area contributed by atoms with Crippen molar-refractivity contribution in [2.75, 3.05) is 0 Å². The van der Waals surface area contributed by atoms with Crippen molar-refractivity contribution >= 4 is 17.2 Å². The molecule has 4 heteroatoms. The second-order valence-electron chi connectivity index (χ2n) is 3.89. The molecule has 0 spiro atoms. The van der Waals surface area contributed by atoms with Gasteiger partial charge in [-0.3, -0.25) is 0 Å². The van der Waals surface area contributed by atoms with Gasteiger partial charge in [0.2, 0.25) is 0 Å². The van der Waals surface area contributed by atoms with Gasteiger partial charge in [-0.25, -0.2) is 4.98 Å². The zero-order valence-corrected chi connectivity index (χ0v) is 9.88. The van der Waals surface area contributed by atoms with E-state index >= 15 is 0 Å². The van der Waals surface area contributed by atoms with Crippen molar-refractivity contribution < 1.29 is 4.57 Å². The molecule has 17 heavy (non-hydrogen) atoms. The molecule has 3 heterocycles. The number of fused-ring (bicyclic) bond motifs is 1. The molecule has 0 saturated carbocycles. The number of aromatic nitrogens is 3. The molecule has 0 fully saturated rings. The molecule has 3 nitrogen and oxygen atoms in total. The Balaban J connectivity index is 1.96. The average molecular weight is 245 g/mol. The topological polar surface area (TPSA) is 21.2 Å². The van der Waals surface area contributed by atoms with Crippen LogP contribution in [-0.2, 0) is 6.54 Å². The summed E-state index contributed by atoms with van der Waals surface area (Å²) in [6.45, 7) is 0.764. The molecule has 0 amide bonds. The number of nitrogens with zero attached hydrogens (tertiary/aromatic N) is 3. The van der Waals surface area contributed by atoms with Crippen molar-refractivity contribution in [2.45, 2.75) is 6.54 Å². The Bertz CT molecular complexity index is 646. The first-order valence-electron chi connectivity index (χ1n) is 5.38. The van der Waals surface area contributed by atoms with Gasteiger partial charge in [0.05, 0.1) is 5.02 Å². The highest BCUT2D eigenvalue weighted by Gasteiger charge is 2.06. The van der Waals surface area contributed by atoms with Crippen LogP contribution in [-0.4, -0.2) is 9.38 Å². The van der Waals surface area contributed by atoms with E-state index < -0.39 is 0 Å². The first kappa shape index (κ1) is 10.3. The third kappa shape index (κ3) is 2.15. The zero-order chi connectivity index (χ0) is 11.7. The van der Waals surface area contributed by atoms with Crippen molar-refractivity contribution in [3.63, 3.8) is 0 Å². The summed E-state index contributed by atoms with van der Waals surface area (Å²) in [4.78, 5) is 4.53. The third-order valence-electron chi connectivity index (χ3n) is 2.59. The molecule has 0 saturated heterocycles. The van der Waals surface area contributed by atoms with E-state index in [0.29, 0.717) is 5.02 Å². The van der Waals surface area contributed by atoms with Gasteiger partial charge in [-0.05, 0) is 12.1 Å². The monoisotopic (exact) mass is 244 g/mol. The van der Waals surface area contributed by atoms with Crippen LogP contribution in [0, 0.1) is 0 Å². The molecule has 0 radical (unpaired) electrons. The fourth-order valence-electron chi connectivity index (χ4n) is 1.82. The van der Waals surface area contributed by atoms with E-state index in [1.807, 2.05) is 59.5 Å². The Morgan fingerprint density at radius 3 is 2.76 bits per heavy atom. The van der Waals surface area contributed by atoms with Gasteiger partial charge < -0.3 is 4.40 Å². The van der Waals surface area contributed by atoms with Crippen LogP contribution in [0.25, 0.3) is 5.65 Å². The van der Waals surface area contributed by atoms with Gasteiger partial charge in [0.15, 0.2) is 18.9 Å². The molecular formula is C13H11ClN3+. The molecule has 3 aromatic rings. The highest BCUT2D eigenvalue weighted by molar-refractivity contribution is 6.30. The largest absolute Gasteiger partial charge is 0.305 e. The highest BCUT2D eigenvalue weighted by Crippen LogP contribution is 2.11. The van der Waals surface area contributed by atoms with Crippen LogP contribution >= 0.6 is 11.6 Å². The Hall–Kier alpha value is -1.87. The first-order valence-corrected chi connectivity index (χ1v) is 5.76. The van der Waals surface area contributed by atoms with Gasteiger partial charge in [0.25, 0.3) is 0 Å². The predicted octanol–water partition coefficient (Wildman–Crippen LogP) is 2.32. The summed E-state index contributed by atoms with van der Waals surface area (Å²) in [5.41, 5.74) is 1.93. The minimum absolute atomic E-state index is 0.716. The maximum Gasteiger partial charge on any atom is 0.192 e. The molecule has 84 valence electrons. The SMILES string of the molecule is Clc1ccc2nc(C[n+]3ccccc3)cn2c1. The lowest BCUT2D eigenvalue weighted by Gasteiger charge is -1.91. The van der Waals surface area contributed by atoms with Gasteiger partial charge in [-0.15, -0.1) is 0 Å². The van der Waals surface area contributed by atoms with Crippen LogP contribution < -0.4 is 4.57 Å². The molecule has 0 unspecified atom stereocenters. The smallest absolute Gasteiger partial charge is 0.192 e. The van der Waals surface area contributed by atoms with E-state index in [1.165, 1.54) is 0 Å². The quantitative estimate of drug-likeness (QED) is 0.634. The molecule has 0 bridgehead atoms. The molecule has 0 atom stereocenters. The zero-order valence-electron chi connectivity index (χ0n) is 9.12. The van der Waals surface area contributed by atoms with Crippen LogP contribution in [0.2, 0.25) is 5.02 Å². The van der Waals surface area contributed by atoms with Crippen LogP contribution in [0.15, 0.2) is 55.1 Å². The van der Waals surface area contributed by atoms with Crippen molar-refractivity contribution in [3.8, 4) is 0 Å². The lowest BCUT2D eigenvalue weighted by molar-refractivity contribution is -0.688. The van der Waals surface area contributed by atoms with Crippen molar-refractivity contribution in [3.05, 3.63) is 65.8 Å². The van der Waals surface area contributed by atoms with Gasteiger partial charge in [-0.1, -0.05) is 17.7 Å². The summed E-state index contributed by atoms with van der Waals surface area (Å²) in [7, 11) is 0. The summed E-state index contributed by atoms with van der Waals surface area (Å²) in [6, 6.07) is 9.78. The van der Waals surface area contributed by atoms with E-state index in [1.54, 1.807) is 0 Å². The Labute approximate surface area is 104 Å². The Kier molecular flexibility index (Phi) is 2.53. The lowest BCUT2D eigenvalue weighted by atomic mass is 10.4. The maximum atomic E-state index is 5.93. The molecule has 0 aliphatic heterocycles. The summed E-state index contributed by atoms with van der Waals surface area (Å²) in [6.07, 6.45) is 7.91. The van der Waals surface area contributed by atoms with E-state index in [-0.39, 0.29) is 0 Å². The number of rotatable bonds is 2. The minimum atomic E-state index is 0.716. The summed E-state index contributed by atoms with van der Waals surface area (Å²) in [5, 5.41) is 0.716. The second kappa shape index (κ2) is 4.18. The molecule has 0 aliphatic carbocycles. The first-order chi connectivity index (χ1) is 8.31. The number of halogens is 1. The Morgan fingerprint density at radius 1 is 1.12 bits per heavy atom. The fraction of sp³-hybridized carbons (Fsp3) is 0.0769. The van der Waals surface area contributed by atoms with Crippen molar-refractivity contribution in [2.24, 2.45) is 0 Å². The van der Waals surface area contributed by atoms with E-state index in [0.717, 1.165) is 17.9 Å². The third-order valence-corrected chi connectivity index (χ3v) is 2.81. The normalized spacial score (nSPS) is 10.9. The molecular weight excluding hydrogens is 234 g/mol. The summed E-state index contributed by atoms with van der Waals surface area (Å²) in [5.74, 6) is 0. The van der Waals surface area contributed by atoms with Gasteiger partial charge in [0, 0.05) is 24.5 Å². The van der Waals surface area contributed by atoms with Gasteiger partial charge in [-0.2, -0.15) is 4.57 Å². The van der Waals surface area contributed by atoms with Gasteiger partial charge in [0.1, 0.15) is 11.3 Å². The van der Waals surface area contributed by atoms with Crippen molar-refractivity contribution in [1.29, 1.82) is 0 Å². The average Bonchev–Trinajstić information content (AvgIpc) is 2.71. The molecule has 0 aliphatic rings.